The van der Waals surface area contributed by atoms with E-state index in [0.29, 0.717) is 29.4 Å². The van der Waals surface area contributed by atoms with Crippen molar-refractivity contribution in [3.63, 3.8) is 0 Å². The van der Waals surface area contributed by atoms with Crippen LogP contribution in [-0.2, 0) is 20.9 Å². The summed E-state index contributed by atoms with van der Waals surface area (Å²) in [5.41, 5.74) is 6.02. The molecular formula is C29H27NO5. The molecule has 1 amide bonds. The number of hydrogen-bond donors (Lipinski definition) is 0. The third-order valence-electron chi connectivity index (χ3n) is 6.48. The average Bonchev–Trinajstić information content (AvgIpc) is 3.24. The third kappa shape index (κ3) is 4.39. The molecule has 0 fully saturated rings. The summed E-state index contributed by atoms with van der Waals surface area (Å²) >= 11 is 0. The fourth-order valence-corrected chi connectivity index (χ4v) is 4.72. The zero-order chi connectivity index (χ0) is 24.5. The number of ether oxygens (including phenoxy) is 3. The standard InChI is InChI=1S/C29H27NO5/c1-18-7-10-22(11-8-18)30-24-17-35-29(32)28(24)23(15-27(30)31)21-9-12-25(26(14-21)33-3)34-16-20-6-4-5-19(2)13-20/h4-14,23H,15-17H2,1-3H3. The summed E-state index contributed by atoms with van der Waals surface area (Å²) in [5.74, 6) is 0.290. The van der Waals surface area contributed by atoms with E-state index in [1.54, 1.807) is 12.0 Å². The average molecular weight is 470 g/mol. The molecule has 1 unspecified atom stereocenters. The number of carbonyl (C=O) groups is 2. The van der Waals surface area contributed by atoms with Crippen LogP contribution >= 0.6 is 0 Å². The van der Waals surface area contributed by atoms with Crippen molar-refractivity contribution in [1.29, 1.82) is 0 Å². The number of esters is 1. The number of hydrogen-bond acceptors (Lipinski definition) is 5. The first kappa shape index (κ1) is 22.7. The second-order valence-corrected chi connectivity index (χ2v) is 8.95. The molecule has 178 valence electrons. The Balaban J connectivity index is 1.45. The Hall–Kier alpha value is -4.06. The molecule has 5 rings (SSSR count). The summed E-state index contributed by atoms with van der Waals surface area (Å²) in [5, 5.41) is 0. The van der Waals surface area contributed by atoms with Gasteiger partial charge in [-0.15, -0.1) is 0 Å². The van der Waals surface area contributed by atoms with Gasteiger partial charge in [-0.05, 0) is 49.2 Å². The lowest BCUT2D eigenvalue weighted by molar-refractivity contribution is -0.136. The SMILES string of the molecule is COc1cc(C2CC(=O)N(c3ccc(C)cc3)C3=C2C(=O)OC3)ccc1OCc1cccc(C)c1. The van der Waals surface area contributed by atoms with E-state index in [1.165, 1.54) is 5.56 Å². The molecule has 0 N–H and O–H groups in total. The van der Waals surface area contributed by atoms with E-state index in [9.17, 15) is 9.59 Å². The molecule has 0 saturated heterocycles. The van der Waals surface area contributed by atoms with E-state index in [4.69, 9.17) is 14.2 Å². The van der Waals surface area contributed by atoms with Crippen molar-refractivity contribution in [3.8, 4) is 11.5 Å². The summed E-state index contributed by atoms with van der Waals surface area (Å²) in [6.07, 6.45) is 0.161. The molecule has 35 heavy (non-hydrogen) atoms. The summed E-state index contributed by atoms with van der Waals surface area (Å²) in [6.45, 7) is 4.53. The topological polar surface area (TPSA) is 65.1 Å². The van der Waals surface area contributed by atoms with Crippen LogP contribution in [0.25, 0.3) is 0 Å². The number of benzene rings is 3. The van der Waals surface area contributed by atoms with Gasteiger partial charge in [0.1, 0.15) is 13.2 Å². The first-order chi connectivity index (χ1) is 16.9. The number of nitrogens with zero attached hydrogens (tertiary/aromatic N) is 1. The lowest BCUT2D eigenvalue weighted by atomic mass is 9.84. The van der Waals surface area contributed by atoms with E-state index >= 15 is 0 Å². The van der Waals surface area contributed by atoms with E-state index in [-0.39, 0.29) is 24.9 Å². The van der Waals surface area contributed by atoms with E-state index in [1.807, 2.05) is 74.5 Å². The van der Waals surface area contributed by atoms with Crippen molar-refractivity contribution < 1.29 is 23.8 Å². The van der Waals surface area contributed by atoms with Gasteiger partial charge in [0.25, 0.3) is 0 Å². The number of cyclic esters (lactones) is 1. The molecule has 1 atom stereocenters. The van der Waals surface area contributed by atoms with Gasteiger partial charge < -0.3 is 14.2 Å². The Morgan fingerprint density at radius 1 is 0.943 bits per heavy atom. The van der Waals surface area contributed by atoms with Crippen LogP contribution in [0, 0.1) is 13.8 Å². The number of methoxy groups -OCH3 is 1. The number of rotatable bonds is 6. The molecule has 0 aliphatic carbocycles. The maximum Gasteiger partial charge on any atom is 0.336 e. The molecule has 0 bridgehead atoms. The highest BCUT2D eigenvalue weighted by Crippen LogP contribution is 2.43. The Bertz CT molecular complexity index is 1330. The minimum Gasteiger partial charge on any atom is -0.493 e. The monoisotopic (exact) mass is 469 g/mol. The molecule has 2 aliphatic heterocycles. The summed E-state index contributed by atoms with van der Waals surface area (Å²) < 4.78 is 17.0. The predicted octanol–water partition coefficient (Wildman–Crippen LogP) is 5.22. The lowest BCUT2D eigenvalue weighted by Crippen LogP contribution is -2.37. The highest BCUT2D eigenvalue weighted by atomic mass is 16.5. The molecule has 0 aromatic heterocycles. The first-order valence-corrected chi connectivity index (χ1v) is 11.6. The highest BCUT2D eigenvalue weighted by Gasteiger charge is 2.43. The van der Waals surface area contributed by atoms with Crippen molar-refractivity contribution in [2.45, 2.75) is 32.8 Å². The minimum atomic E-state index is -0.408. The molecule has 0 radical (unpaired) electrons. The summed E-state index contributed by atoms with van der Waals surface area (Å²) in [7, 11) is 1.58. The van der Waals surface area contributed by atoms with Crippen LogP contribution in [-0.4, -0.2) is 25.6 Å². The molecule has 6 heteroatoms. The molecule has 3 aromatic carbocycles. The number of amides is 1. The lowest BCUT2D eigenvalue weighted by Gasteiger charge is -2.32. The second-order valence-electron chi connectivity index (χ2n) is 8.95. The van der Waals surface area contributed by atoms with E-state index < -0.39 is 5.92 Å². The molecule has 0 spiro atoms. The van der Waals surface area contributed by atoms with Gasteiger partial charge in [-0.25, -0.2) is 4.79 Å². The van der Waals surface area contributed by atoms with E-state index in [0.717, 1.165) is 22.4 Å². The molecule has 3 aromatic rings. The van der Waals surface area contributed by atoms with Gasteiger partial charge in [0, 0.05) is 18.0 Å². The number of carbonyl (C=O) groups excluding carboxylic acids is 2. The number of anilines is 1. The number of aryl methyl sites for hydroxylation is 2. The van der Waals surface area contributed by atoms with Gasteiger partial charge in [-0.2, -0.15) is 0 Å². The fourth-order valence-electron chi connectivity index (χ4n) is 4.72. The Kier molecular flexibility index (Phi) is 6.03. The van der Waals surface area contributed by atoms with Crippen molar-refractivity contribution >= 4 is 17.6 Å². The quantitative estimate of drug-likeness (QED) is 0.463. The zero-order valence-electron chi connectivity index (χ0n) is 20.0. The van der Waals surface area contributed by atoms with Gasteiger partial charge in [-0.1, -0.05) is 53.6 Å². The largest absolute Gasteiger partial charge is 0.493 e. The predicted molar refractivity (Wildman–Crippen MR) is 133 cm³/mol. The van der Waals surface area contributed by atoms with Crippen LogP contribution in [0.2, 0.25) is 0 Å². The van der Waals surface area contributed by atoms with Gasteiger partial charge in [-0.3, -0.25) is 9.69 Å². The Morgan fingerprint density at radius 3 is 2.49 bits per heavy atom. The fraction of sp³-hybridized carbons (Fsp3) is 0.241. The second kappa shape index (κ2) is 9.29. The molecule has 2 aliphatic rings. The van der Waals surface area contributed by atoms with Gasteiger partial charge in [0.2, 0.25) is 5.91 Å². The van der Waals surface area contributed by atoms with Crippen LogP contribution in [0.1, 0.15) is 34.6 Å². The van der Waals surface area contributed by atoms with Crippen molar-refractivity contribution in [2.75, 3.05) is 18.6 Å². The molecule has 6 nitrogen and oxygen atoms in total. The third-order valence-corrected chi connectivity index (χ3v) is 6.48. The Labute approximate surface area is 204 Å². The highest BCUT2D eigenvalue weighted by molar-refractivity contribution is 6.06. The smallest absolute Gasteiger partial charge is 0.336 e. The normalized spacial score (nSPS) is 17.3. The Morgan fingerprint density at radius 2 is 1.74 bits per heavy atom. The molecule has 2 heterocycles. The maximum absolute atomic E-state index is 13.3. The first-order valence-electron chi connectivity index (χ1n) is 11.6. The summed E-state index contributed by atoms with van der Waals surface area (Å²) in [6, 6.07) is 21.4. The van der Waals surface area contributed by atoms with Crippen molar-refractivity contribution in [1.82, 2.24) is 0 Å². The van der Waals surface area contributed by atoms with Crippen LogP contribution in [0.3, 0.4) is 0 Å². The van der Waals surface area contributed by atoms with Gasteiger partial charge in [0.15, 0.2) is 11.5 Å². The molecular weight excluding hydrogens is 442 g/mol. The molecule has 0 saturated carbocycles. The summed E-state index contributed by atoms with van der Waals surface area (Å²) in [4.78, 5) is 27.7. The van der Waals surface area contributed by atoms with Crippen LogP contribution < -0.4 is 14.4 Å². The zero-order valence-corrected chi connectivity index (χ0v) is 20.0. The van der Waals surface area contributed by atoms with Crippen LogP contribution in [0.4, 0.5) is 5.69 Å². The van der Waals surface area contributed by atoms with E-state index in [2.05, 4.69) is 6.07 Å². The maximum atomic E-state index is 13.3. The minimum absolute atomic E-state index is 0.0744. The van der Waals surface area contributed by atoms with Crippen LogP contribution in [0.5, 0.6) is 11.5 Å². The van der Waals surface area contributed by atoms with Crippen molar-refractivity contribution in [3.05, 3.63) is 100 Å². The van der Waals surface area contributed by atoms with Gasteiger partial charge >= 0.3 is 5.97 Å². The van der Waals surface area contributed by atoms with Crippen LogP contribution in [0.15, 0.2) is 78.0 Å². The van der Waals surface area contributed by atoms with Gasteiger partial charge in [0.05, 0.1) is 18.4 Å². The van der Waals surface area contributed by atoms with Crippen molar-refractivity contribution in [2.24, 2.45) is 0 Å².